The van der Waals surface area contributed by atoms with Crippen LogP contribution in [-0.4, -0.2) is 24.0 Å². The first kappa shape index (κ1) is 19.8. The normalized spacial score (nSPS) is 14.2. The molecule has 0 aromatic heterocycles. The Balaban J connectivity index is 1.63. The summed E-state index contributed by atoms with van der Waals surface area (Å²) in [4.78, 5) is 13.0. The van der Waals surface area contributed by atoms with Crippen molar-refractivity contribution >= 4 is 22.4 Å². The molecule has 0 aliphatic carbocycles. The van der Waals surface area contributed by atoms with E-state index in [4.69, 9.17) is 0 Å². The van der Waals surface area contributed by atoms with Gasteiger partial charge in [-0.1, -0.05) is 42.5 Å². The van der Waals surface area contributed by atoms with Crippen LogP contribution in [-0.2, 0) is 17.4 Å². The average molecular weight is 409 g/mol. The zero-order valence-corrected chi connectivity index (χ0v) is 16.0. The summed E-state index contributed by atoms with van der Waals surface area (Å²) >= 11 is 0. The van der Waals surface area contributed by atoms with E-state index in [-0.39, 0.29) is 12.3 Å². The molecule has 7 heteroatoms. The number of rotatable bonds is 3. The lowest BCUT2D eigenvalue weighted by Gasteiger charge is -2.31. The van der Waals surface area contributed by atoms with Crippen molar-refractivity contribution in [2.75, 3.05) is 18.1 Å². The largest absolute Gasteiger partial charge is 0.416 e. The standard InChI is InChI=1S/C23H18F3N3O/c24-23(25,26)18-6-3-5-16(13-18)14-22(30)29-12-4-11-28(29)21-10-9-17(15-27)19-7-1-2-8-20(19)21/h1-3,5-10,13H,4,11-12,14H2. The van der Waals surface area contributed by atoms with E-state index in [0.717, 1.165) is 35.0 Å². The second-order valence-electron chi connectivity index (χ2n) is 7.16. The number of carbonyl (C=O) groups excluding carboxylic acids is 1. The number of amides is 1. The smallest absolute Gasteiger partial charge is 0.282 e. The zero-order chi connectivity index (χ0) is 21.3. The van der Waals surface area contributed by atoms with E-state index in [1.807, 2.05) is 35.3 Å². The van der Waals surface area contributed by atoms with Crippen LogP contribution in [0.2, 0.25) is 0 Å². The molecule has 1 heterocycles. The van der Waals surface area contributed by atoms with Crippen LogP contribution in [0.1, 0.15) is 23.1 Å². The van der Waals surface area contributed by atoms with Gasteiger partial charge in [-0.15, -0.1) is 0 Å². The Kier molecular flexibility index (Phi) is 5.08. The van der Waals surface area contributed by atoms with E-state index in [2.05, 4.69) is 6.07 Å². The number of carbonyl (C=O) groups is 1. The molecule has 1 amide bonds. The van der Waals surface area contributed by atoms with Crippen molar-refractivity contribution in [3.05, 3.63) is 77.4 Å². The van der Waals surface area contributed by atoms with Crippen LogP contribution < -0.4 is 5.01 Å². The van der Waals surface area contributed by atoms with Gasteiger partial charge in [-0.2, -0.15) is 18.4 Å². The highest BCUT2D eigenvalue weighted by molar-refractivity contribution is 5.98. The van der Waals surface area contributed by atoms with Gasteiger partial charge in [0.2, 0.25) is 5.91 Å². The first-order valence-electron chi connectivity index (χ1n) is 9.54. The minimum absolute atomic E-state index is 0.116. The molecule has 4 nitrogen and oxygen atoms in total. The van der Waals surface area contributed by atoms with E-state index in [9.17, 15) is 23.2 Å². The molecule has 1 fully saturated rings. The third kappa shape index (κ3) is 3.69. The second kappa shape index (κ2) is 7.71. The molecule has 3 aromatic carbocycles. The number of fused-ring (bicyclic) bond motifs is 1. The predicted molar refractivity (Wildman–Crippen MR) is 107 cm³/mol. The van der Waals surface area contributed by atoms with Crippen LogP contribution in [0.5, 0.6) is 0 Å². The minimum Gasteiger partial charge on any atom is -0.282 e. The Hall–Kier alpha value is -3.53. The van der Waals surface area contributed by atoms with Crippen molar-refractivity contribution in [3.63, 3.8) is 0 Å². The van der Waals surface area contributed by atoms with Crippen LogP contribution in [0.4, 0.5) is 18.9 Å². The number of hydrazine groups is 1. The fourth-order valence-electron chi connectivity index (χ4n) is 3.85. The number of alkyl halides is 3. The van der Waals surface area contributed by atoms with Crippen molar-refractivity contribution in [3.8, 4) is 6.07 Å². The monoisotopic (exact) mass is 409 g/mol. The Morgan fingerprint density at radius 3 is 2.50 bits per heavy atom. The van der Waals surface area contributed by atoms with Gasteiger partial charge in [0.25, 0.3) is 0 Å². The van der Waals surface area contributed by atoms with E-state index < -0.39 is 11.7 Å². The highest BCUT2D eigenvalue weighted by atomic mass is 19.4. The molecule has 0 unspecified atom stereocenters. The third-order valence-corrected chi connectivity index (χ3v) is 5.23. The second-order valence-corrected chi connectivity index (χ2v) is 7.16. The van der Waals surface area contributed by atoms with Crippen LogP contribution >= 0.6 is 0 Å². The van der Waals surface area contributed by atoms with E-state index in [1.54, 1.807) is 11.1 Å². The maximum absolute atomic E-state index is 13.0. The number of anilines is 1. The van der Waals surface area contributed by atoms with Gasteiger partial charge >= 0.3 is 6.18 Å². The predicted octanol–water partition coefficient (Wildman–Crippen LogP) is 4.93. The maximum atomic E-state index is 13.0. The Morgan fingerprint density at radius 2 is 1.77 bits per heavy atom. The lowest BCUT2D eigenvalue weighted by Crippen LogP contribution is -2.42. The molecule has 1 aliphatic heterocycles. The summed E-state index contributed by atoms with van der Waals surface area (Å²) in [6, 6.07) is 18.1. The van der Waals surface area contributed by atoms with Gasteiger partial charge in [-0.3, -0.25) is 14.8 Å². The maximum Gasteiger partial charge on any atom is 0.416 e. The first-order valence-corrected chi connectivity index (χ1v) is 9.54. The SMILES string of the molecule is N#Cc1ccc(N2CCCN2C(=O)Cc2cccc(C(F)(F)F)c2)c2ccccc12. The molecule has 0 bridgehead atoms. The van der Waals surface area contributed by atoms with E-state index >= 15 is 0 Å². The number of halogens is 3. The van der Waals surface area contributed by atoms with Crippen molar-refractivity contribution < 1.29 is 18.0 Å². The lowest BCUT2D eigenvalue weighted by atomic mass is 10.0. The molecule has 0 N–H and O–H groups in total. The highest BCUT2D eigenvalue weighted by Gasteiger charge is 2.32. The van der Waals surface area contributed by atoms with Crippen molar-refractivity contribution in [1.29, 1.82) is 5.26 Å². The number of hydrogen-bond acceptors (Lipinski definition) is 3. The Morgan fingerprint density at radius 1 is 1.00 bits per heavy atom. The summed E-state index contributed by atoms with van der Waals surface area (Å²) in [5.74, 6) is -0.264. The summed E-state index contributed by atoms with van der Waals surface area (Å²) in [5.41, 5.74) is 0.922. The topological polar surface area (TPSA) is 47.3 Å². The number of nitrogens with zero attached hydrogens (tertiary/aromatic N) is 3. The molecule has 0 saturated carbocycles. The molecular formula is C23H18F3N3O. The molecule has 4 rings (SSSR count). The Bertz CT molecular complexity index is 1150. The van der Waals surface area contributed by atoms with Gasteiger partial charge in [0.05, 0.1) is 29.3 Å². The van der Waals surface area contributed by atoms with Gasteiger partial charge in [0.1, 0.15) is 0 Å². The van der Waals surface area contributed by atoms with Crippen LogP contribution in [0.15, 0.2) is 60.7 Å². The van der Waals surface area contributed by atoms with Gasteiger partial charge in [-0.25, -0.2) is 0 Å². The fourth-order valence-corrected chi connectivity index (χ4v) is 3.85. The van der Waals surface area contributed by atoms with Crippen molar-refractivity contribution in [2.24, 2.45) is 0 Å². The van der Waals surface area contributed by atoms with Gasteiger partial charge in [0.15, 0.2) is 0 Å². The highest BCUT2D eigenvalue weighted by Crippen LogP contribution is 2.33. The zero-order valence-electron chi connectivity index (χ0n) is 16.0. The van der Waals surface area contributed by atoms with Crippen LogP contribution in [0.3, 0.4) is 0 Å². The molecule has 3 aromatic rings. The summed E-state index contributed by atoms with van der Waals surface area (Å²) in [5, 5.41) is 14.5. The van der Waals surface area contributed by atoms with Gasteiger partial charge < -0.3 is 0 Å². The van der Waals surface area contributed by atoms with E-state index in [0.29, 0.717) is 24.2 Å². The fraction of sp³-hybridized carbons (Fsp3) is 0.217. The quantitative estimate of drug-likeness (QED) is 0.617. The molecule has 152 valence electrons. The summed E-state index contributed by atoms with van der Waals surface area (Å²) in [6.07, 6.45) is -3.81. The minimum atomic E-state index is -4.44. The first-order chi connectivity index (χ1) is 14.4. The number of benzene rings is 3. The third-order valence-electron chi connectivity index (χ3n) is 5.23. The molecule has 1 saturated heterocycles. The van der Waals surface area contributed by atoms with E-state index in [1.165, 1.54) is 12.1 Å². The molecule has 0 radical (unpaired) electrons. The molecular weight excluding hydrogens is 391 g/mol. The van der Waals surface area contributed by atoms with Gasteiger partial charge in [-0.05, 0) is 30.2 Å². The molecule has 1 aliphatic rings. The van der Waals surface area contributed by atoms with Crippen molar-refractivity contribution in [1.82, 2.24) is 5.01 Å². The van der Waals surface area contributed by atoms with Crippen LogP contribution in [0, 0.1) is 11.3 Å². The molecule has 0 atom stereocenters. The molecule has 0 spiro atoms. The van der Waals surface area contributed by atoms with Gasteiger partial charge in [0, 0.05) is 23.9 Å². The van der Waals surface area contributed by atoms with Crippen molar-refractivity contribution in [2.45, 2.75) is 19.0 Å². The van der Waals surface area contributed by atoms with Crippen LogP contribution in [0.25, 0.3) is 10.8 Å². The molecule has 30 heavy (non-hydrogen) atoms. The summed E-state index contributed by atoms with van der Waals surface area (Å²) < 4.78 is 38.9. The number of hydrogen-bond donors (Lipinski definition) is 0. The lowest BCUT2D eigenvalue weighted by molar-refractivity contribution is -0.138. The Labute approximate surface area is 171 Å². The summed E-state index contributed by atoms with van der Waals surface area (Å²) in [7, 11) is 0. The average Bonchev–Trinajstić information content (AvgIpc) is 3.22. The number of nitriles is 1. The summed E-state index contributed by atoms with van der Waals surface area (Å²) in [6.45, 7) is 1.11.